The zero-order valence-corrected chi connectivity index (χ0v) is 9.91. The first kappa shape index (κ1) is 14.8. The van der Waals surface area contributed by atoms with Crippen molar-refractivity contribution in [2.45, 2.75) is 19.1 Å². The molecule has 0 spiro atoms. The Morgan fingerprint density at radius 1 is 1.44 bits per heavy atom. The Bertz CT molecular complexity index is 282. The number of aliphatic carboxylic acids is 1. The summed E-state index contributed by atoms with van der Waals surface area (Å²) in [6.07, 6.45) is 0.304. The Labute approximate surface area is 95.7 Å². The fraction of sp³-hybridized carbons (Fsp3) is 0.750. The highest BCUT2D eigenvalue weighted by molar-refractivity contribution is 7.84. The fourth-order valence-electron chi connectivity index (χ4n) is 0.889. The van der Waals surface area contributed by atoms with Crippen LogP contribution in [0.25, 0.3) is 0 Å². The predicted octanol–water partition coefficient (Wildman–Crippen LogP) is -1.50. The summed E-state index contributed by atoms with van der Waals surface area (Å²) in [6, 6.07) is -2.06. The van der Waals surface area contributed by atoms with Gasteiger partial charge in [0.15, 0.2) is 6.04 Å². The smallest absolute Gasteiger partial charge is 0.328 e. The number of carboxylic acid groups (broad SMARTS) is 1. The second kappa shape index (κ2) is 7.18. The summed E-state index contributed by atoms with van der Waals surface area (Å²) in [5.74, 6) is -1.02. The first-order chi connectivity index (χ1) is 7.34. The van der Waals surface area contributed by atoms with E-state index >= 15 is 0 Å². The van der Waals surface area contributed by atoms with E-state index in [0.29, 0.717) is 5.75 Å². The lowest BCUT2D eigenvalue weighted by Crippen LogP contribution is -2.51. The Hall–Kier alpha value is -1.15. The van der Waals surface area contributed by atoms with Gasteiger partial charge in [0.2, 0.25) is 0 Å². The van der Waals surface area contributed by atoms with Gasteiger partial charge < -0.3 is 20.8 Å². The van der Waals surface area contributed by atoms with Gasteiger partial charge in [0.05, 0.1) is 6.10 Å². The van der Waals surface area contributed by atoms with Crippen LogP contribution in [-0.4, -0.2) is 57.1 Å². The maximum Gasteiger partial charge on any atom is 0.328 e. The molecule has 0 aliphatic carbocycles. The molecule has 0 aromatic rings. The van der Waals surface area contributed by atoms with Crippen LogP contribution in [0, 0.1) is 0 Å². The summed E-state index contributed by atoms with van der Waals surface area (Å²) in [7, 11) is -1.02. The van der Waals surface area contributed by atoms with E-state index in [1.165, 1.54) is 13.2 Å². The van der Waals surface area contributed by atoms with Crippen molar-refractivity contribution in [1.29, 1.82) is 0 Å². The third-order valence-corrected chi connectivity index (χ3v) is 2.49. The normalized spacial score (nSPS) is 15.9. The van der Waals surface area contributed by atoms with Crippen LogP contribution in [0.5, 0.6) is 0 Å². The van der Waals surface area contributed by atoms with Gasteiger partial charge in [-0.05, 0) is 6.92 Å². The van der Waals surface area contributed by atoms with E-state index in [9.17, 15) is 13.8 Å². The van der Waals surface area contributed by atoms with E-state index in [1.54, 1.807) is 0 Å². The van der Waals surface area contributed by atoms with Crippen LogP contribution in [0.1, 0.15) is 6.92 Å². The van der Waals surface area contributed by atoms with Gasteiger partial charge in [-0.3, -0.25) is 4.21 Å². The molecule has 0 rings (SSSR count). The number of aliphatic hydroxyl groups is 1. The van der Waals surface area contributed by atoms with E-state index in [-0.39, 0.29) is 6.54 Å². The number of hydrogen-bond acceptors (Lipinski definition) is 4. The van der Waals surface area contributed by atoms with Gasteiger partial charge >= 0.3 is 12.0 Å². The highest BCUT2D eigenvalue weighted by atomic mass is 32.2. The van der Waals surface area contributed by atoms with Crippen molar-refractivity contribution < 1.29 is 24.0 Å². The largest absolute Gasteiger partial charge is 0.480 e. The van der Waals surface area contributed by atoms with Gasteiger partial charge in [0.1, 0.15) is 0 Å². The number of rotatable bonds is 6. The number of carboxylic acids is 1. The molecule has 16 heavy (non-hydrogen) atoms. The average molecular weight is 252 g/mol. The molecule has 0 aliphatic heterocycles. The quantitative estimate of drug-likeness (QED) is 0.459. The van der Waals surface area contributed by atoms with Crippen molar-refractivity contribution in [2.24, 2.45) is 0 Å². The monoisotopic (exact) mass is 252 g/mol. The minimum Gasteiger partial charge on any atom is -0.480 e. The molecule has 7 nitrogen and oxygen atoms in total. The van der Waals surface area contributed by atoms with E-state index in [2.05, 4.69) is 10.6 Å². The number of aliphatic hydroxyl groups excluding tert-OH is 1. The van der Waals surface area contributed by atoms with Crippen molar-refractivity contribution in [3.8, 4) is 0 Å². The van der Waals surface area contributed by atoms with Crippen LogP contribution >= 0.6 is 0 Å². The molecule has 3 unspecified atom stereocenters. The number of carbonyl (C=O) groups excluding carboxylic acids is 1. The number of carbonyl (C=O) groups is 2. The van der Waals surface area contributed by atoms with E-state index in [4.69, 9.17) is 10.2 Å². The summed E-state index contributed by atoms with van der Waals surface area (Å²) < 4.78 is 10.7. The first-order valence-electron chi connectivity index (χ1n) is 4.60. The minimum atomic E-state index is -1.35. The molecule has 0 saturated heterocycles. The molecular weight excluding hydrogens is 236 g/mol. The summed E-state index contributed by atoms with van der Waals surface area (Å²) in [5, 5.41) is 22.2. The molecule has 4 N–H and O–H groups in total. The van der Waals surface area contributed by atoms with Crippen molar-refractivity contribution >= 4 is 22.8 Å². The van der Waals surface area contributed by atoms with Crippen molar-refractivity contribution in [1.82, 2.24) is 10.6 Å². The second-order valence-electron chi connectivity index (χ2n) is 3.23. The predicted molar refractivity (Wildman–Crippen MR) is 58.6 cm³/mol. The Balaban J connectivity index is 4.01. The Kier molecular flexibility index (Phi) is 6.66. The van der Waals surface area contributed by atoms with Crippen LogP contribution in [0.3, 0.4) is 0 Å². The number of urea groups is 1. The number of nitrogens with one attached hydrogen (secondary N) is 2. The number of amides is 2. The summed E-state index contributed by atoms with van der Waals surface area (Å²) in [5.41, 5.74) is 0. The molecule has 0 aromatic carbocycles. The molecule has 2 amide bonds. The summed E-state index contributed by atoms with van der Waals surface area (Å²) in [4.78, 5) is 21.8. The third-order valence-electron chi connectivity index (χ3n) is 1.71. The zero-order valence-electron chi connectivity index (χ0n) is 9.10. The second-order valence-corrected chi connectivity index (χ2v) is 4.79. The standard InChI is InChI=1S/C8H16N2O5S/c1-5(11)6(7(12)13)10-8(14)9-3-4-16(2)15/h5-6,11H,3-4H2,1-2H3,(H,12,13)(H2,9,10,14). The van der Waals surface area contributed by atoms with Crippen LogP contribution in [0.15, 0.2) is 0 Å². The van der Waals surface area contributed by atoms with E-state index < -0.39 is 34.9 Å². The molecule has 8 heteroatoms. The summed E-state index contributed by atoms with van der Waals surface area (Å²) in [6.45, 7) is 1.45. The highest BCUT2D eigenvalue weighted by Gasteiger charge is 2.24. The molecule has 94 valence electrons. The Morgan fingerprint density at radius 2 is 2.00 bits per heavy atom. The van der Waals surface area contributed by atoms with Crippen molar-refractivity contribution in [3.05, 3.63) is 0 Å². The van der Waals surface area contributed by atoms with Gasteiger partial charge in [-0.1, -0.05) is 0 Å². The molecule has 0 bridgehead atoms. The van der Waals surface area contributed by atoms with E-state index in [0.717, 1.165) is 0 Å². The molecule has 0 saturated carbocycles. The van der Waals surface area contributed by atoms with Gasteiger partial charge in [0.25, 0.3) is 0 Å². The van der Waals surface area contributed by atoms with Crippen LogP contribution in [-0.2, 0) is 15.6 Å². The zero-order chi connectivity index (χ0) is 12.7. The first-order valence-corrected chi connectivity index (χ1v) is 6.32. The minimum absolute atomic E-state index is 0.182. The third kappa shape index (κ3) is 6.36. The molecule has 0 fully saturated rings. The van der Waals surface area contributed by atoms with Crippen LogP contribution < -0.4 is 10.6 Å². The SMILES string of the molecule is CC(O)C(NC(=O)NCCS(C)=O)C(=O)O. The highest BCUT2D eigenvalue weighted by Crippen LogP contribution is 1.92. The van der Waals surface area contributed by atoms with Gasteiger partial charge in [-0.15, -0.1) is 0 Å². The molecule has 3 atom stereocenters. The lowest BCUT2D eigenvalue weighted by molar-refractivity contribution is -0.141. The molecular formula is C8H16N2O5S. The average Bonchev–Trinajstić information content (AvgIpc) is 2.12. The van der Waals surface area contributed by atoms with E-state index in [1.807, 2.05) is 0 Å². The maximum atomic E-state index is 11.1. The van der Waals surface area contributed by atoms with Crippen molar-refractivity contribution in [2.75, 3.05) is 18.6 Å². The molecule has 0 heterocycles. The van der Waals surface area contributed by atoms with Gasteiger partial charge in [-0.2, -0.15) is 0 Å². The maximum absolute atomic E-state index is 11.1. The summed E-state index contributed by atoms with van der Waals surface area (Å²) >= 11 is 0. The van der Waals surface area contributed by atoms with Crippen LogP contribution in [0.2, 0.25) is 0 Å². The Morgan fingerprint density at radius 3 is 2.38 bits per heavy atom. The topological polar surface area (TPSA) is 116 Å². The lowest BCUT2D eigenvalue weighted by atomic mass is 10.2. The fourth-order valence-corrected chi connectivity index (χ4v) is 1.28. The van der Waals surface area contributed by atoms with Gasteiger partial charge in [0, 0.05) is 29.4 Å². The van der Waals surface area contributed by atoms with Crippen LogP contribution in [0.4, 0.5) is 4.79 Å². The number of hydrogen-bond donors (Lipinski definition) is 4. The lowest BCUT2D eigenvalue weighted by Gasteiger charge is -2.17. The molecule has 0 aliphatic rings. The molecule has 0 aromatic heterocycles. The molecule has 0 radical (unpaired) electrons. The van der Waals surface area contributed by atoms with Gasteiger partial charge in [-0.25, -0.2) is 9.59 Å². The van der Waals surface area contributed by atoms with Crippen molar-refractivity contribution in [3.63, 3.8) is 0 Å².